The molecule has 0 aromatic rings. The average Bonchev–Trinajstić information content (AvgIpc) is 2.06. The zero-order chi connectivity index (χ0) is 8.81. The van der Waals surface area contributed by atoms with Crippen LogP contribution in [0.15, 0.2) is 11.1 Å². The number of nitrogens with one attached hydrogen (secondary N) is 1. The van der Waals surface area contributed by atoms with Crippen molar-refractivity contribution in [3.63, 3.8) is 0 Å². The minimum Gasteiger partial charge on any atom is -0.392 e. The average molecular weight is 185 g/mol. The third-order valence-corrected chi connectivity index (χ3v) is 2.77. The second-order valence-corrected chi connectivity index (χ2v) is 3.99. The van der Waals surface area contributed by atoms with Crippen molar-refractivity contribution in [2.24, 2.45) is 5.73 Å². The normalized spacial score (nSPS) is 20.8. The van der Waals surface area contributed by atoms with Crippen LogP contribution in [-0.4, -0.2) is 23.6 Å². The third-order valence-electron chi connectivity index (χ3n) is 1.80. The summed E-state index contributed by atoms with van der Waals surface area (Å²) in [5, 5.41) is 7.55. The summed E-state index contributed by atoms with van der Waals surface area (Å²) in [6.45, 7) is 2.24. The second kappa shape index (κ2) is 5.22. The molecular weight excluding hydrogens is 170 g/mol. The Kier molecular flexibility index (Phi) is 4.18. The van der Waals surface area contributed by atoms with Gasteiger partial charge in [-0.1, -0.05) is 6.42 Å². The fourth-order valence-electron chi connectivity index (χ4n) is 1.22. The van der Waals surface area contributed by atoms with E-state index in [9.17, 15) is 0 Å². The predicted octanol–water partition coefficient (Wildman–Crippen LogP) is 1.57. The summed E-state index contributed by atoms with van der Waals surface area (Å²) in [6.07, 6.45) is 6.73. The van der Waals surface area contributed by atoms with Crippen molar-refractivity contribution in [3.05, 3.63) is 11.1 Å². The summed E-state index contributed by atoms with van der Waals surface area (Å²) in [5.41, 5.74) is 5.65. The van der Waals surface area contributed by atoms with Gasteiger partial charge < -0.3 is 11.1 Å². The molecule has 3 N–H and O–H groups in total. The Labute approximate surface area is 77.6 Å². The highest BCUT2D eigenvalue weighted by molar-refractivity contribution is 8.00. The van der Waals surface area contributed by atoms with E-state index in [0.29, 0.717) is 5.03 Å². The SMILES string of the molecule is N=C/C=C(\N)SN1CCCCC1. The van der Waals surface area contributed by atoms with E-state index < -0.39 is 0 Å². The van der Waals surface area contributed by atoms with Gasteiger partial charge in [0.15, 0.2) is 0 Å². The van der Waals surface area contributed by atoms with Gasteiger partial charge in [0.05, 0.1) is 5.03 Å². The molecule has 0 atom stereocenters. The number of nitrogens with two attached hydrogens (primary N) is 1. The van der Waals surface area contributed by atoms with Crippen LogP contribution in [0.25, 0.3) is 0 Å². The maximum absolute atomic E-state index is 6.84. The maximum Gasteiger partial charge on any atom is 0.0825 e. The summed E-state index contributed by atoms with van der Waals surface area (Å²) in [4.78, 5) is 0. The molecule has 68 valence electrons. The summed E-state index contributed by atoms with van der Waals surface area (Å²) in [5.74, 6) is 0. The van der Waals surface area contributed by atoms with Crippen molar-refractivity contribution >= 4 is 18.2 Å². The lowest BCUT2D eigenvalue weighted by molar-refractivity contribution is 0.382. The van der Waals surface area contributed by atoms with Crippen LogP contribution >= 0.6 is 11.9 Å². The quantitative estimate of drug-likeness (QED) is 0.518. The van der Waals surface area contributed by atoms with Crippen LogP contribution in [0.1, 0.15) is 19.3 Å². The molecule has 1 rings (SSSR count). The van der Waals surface area contributed by atoms with Gasteiger partial charge >= 0.3 is 0 Å². The maximum atomic E-state index is 6.84. The van der Waals surface area contributed by atoms with Crippen LogP contribution in [0.3, 0.4) is 0 Å². The lowest BCUT2D eigenvalue weighted by Gasteiger charge is -2.24. The van der Waals surface area contributed by atoms with Crippen molar-refractivity contribution in [2.45, 2.75) is 19.3 Å². The van der Waals surface area contributed by atoms with E-state index in [1.165, 1.54) is 25.5 Å². The minimum absolute atomic E-state index is 0.715. The van der Waals surface area contributed by atoms with Crippen LogP contribution < -0.4 is 5.73 Å². The lowest BCUT2D eigenvalue weighted by Crippen LogP contribution is -2.24. The Morgan fingerprint density at radius 1 is 1.33 bits per heavy atom. The number of piperidine rings is 1. The molecule has 1 aliphatic heterocycles. The van der Waals surface area contributed by atoms with Crippen LogP contribution in [0.2, 0.25) is 0 Å². The monoisotopic (exact) mass is 185 g/mol. The minimum atomic E-state index is 0.715. The molecule has 0 amide bonds. The molecule has 1 fully saturated rings. The Morgan fingerprint density at radius 3 is 2.58 bits per heavy atom. The summed E-state index contributed by atoms with van der Waals surface area (Å²) < 4.78 is 2.26. The number of nitrogens with zero attached hydrogens (tertiary/aromatic N) is 1. The van der Waals surface area contributed by atoms with Crippen molar-refractivity contribution in [2.75, 3.05) is 13.1 Å². The first-order valence-corrected chi connectivity index (χ1v) is 4.99. The predicted molar refractivity (Wildman–Crippen MR) is 54.1 cm³/mol. The molecule has 0 bridgehead atoms. The number of hydrogen-bond donors (Lipinski definition) is 2. The molecule has 0 saturated carbocycles. The standard InChI is InChI=1S/C8H15N3S/c9-5-4-8(10)12-11-6-2-1-3-7-11/h4-5,9H,1-3,6-7,10H2/b8-4+,9-5?. The topological polar surface area (TPSA) is 53.1 Å². The number of hydrogen-bond acceptors (Lipinski definition) is 4. The first-order chi connectivity index (χ1) is 5.83. The molecule has 1 aliphatic rings. The fraction of sp³-hybridized carbons (Fsp3) is 0.625. The van der Waals surface area contributed by atoms with E-state index in [-0.39, 0.29) is 0 Å². The van der Waals surface area contributed by atoms with Crippen LogP contribution in [-0.2, 0) is 0 Å². The van der Waals surface area contributed by atoms with Crippen molar-refractivity contribution in [1.82, 2.24) is 4.31 Å². The van der Waals surface area contributed by atoms with Crippen LogP contribution in [0, 0.1) is 5.41 Å². The van der Waals surface area contributed by atoms with Gasteiger partial charge in [0, 0.05) is 19.3 Å². The largest absolute Gasteiger partial charge is 0.392 e. The molecule has 0 aromatic heterocycles. The fourth-order valence-corrected chi connectivity index (χ4v) is 2.09. The number of allylic oxidation sites excluding steroid dienone is 1. The lowest BCUT2D eigenvalue weighted by atomic mass is 10.2. The van der Waals surface area contributed by atoms with Gasteiger partial charge in [0.25, 0.3) is 0 Å². The molecule has 4 heteroatoms. The van der Waals surface area contributed by atoms with Gasteiger partial charge in [-0.2, -0.15) is 0 Å². The Hall–Kier alpha value is -0.480. The smallest absolute Gasteiger partial charge is 0.0825 e. The van der Waals surface area contributed by atoms with Crippen LogP contribution in [0.4, 0.5) is 0 Å². The summed E-state index contributed by atoms with van der Waals surface area (Å²) in [7, 11) is 0. The zero-order valence-corrected chi connectivity index (χ0v) is 7.94. The van der Waals surface area contributed by atoms with Gasteiger partial charge in [0.1, 0.15) is 0 Å². The first-order valence-electron chi connectivity index (χ1n) is 4.22. The molecule has 1 saturated heterocycles. The van der Waals surface area contributed by atoms with Gasteiger partial charge in [-0.15, -0.1) is 0 Å². The van der Waals surface area contributed by atoms with E-state index >= 15 is 0 Å². The molecule has 0 aromatic carbocycles. The second-order valence-electron chi connectivity index (χ2n) is 2.82. The van der Waals surface area contributed by atoms with E-state index in [4.69, 9.17) is 11.1 Å². The zero-order valence-electron chi connectivity index (χ0n) is 7.12. The highest BCUT2D eigenvalue weighted by Gasteiger charge is 2.10. The molecule has 0 aliphatic carbocycles. The molecule has 0 radical (unpaired) electrons. The van der Waals surface area contributed by atoms with Gasteiger partial charge in [-0.25, -0.2) is 4.31 Å². The summed E-state index contributed by atoms with van der Waals surface area (Å²) in [6, 6.07) is 0. The van der Waals surface area contributed by atoms with Gasteiger partial charge in [0.2, 0.25) is 0 Å². The van der Waals surface area contributed by atoms with Gasteiger partial charge in [-0.3, -0.25) is 0 Å². The highest BCUT2D eigenvalue weighted by Crippen LogP contribution is 2.21. The van der Waals surface area contributed by atoms with Gasteiger partial charge in [-0.05, 0) is 30.9 Å². The molecule has 1 heterocycles. The molecule has 0 unspecified atom stereocenters. The first kappa shape index (κ1) is 9.61. The Bertz CT molecular complexity index is 173. The Morgan fingerprint density at radius 2 is 2.00 bits per heavy atom. The van der Waals surface area contributed by atoms with E-state index in [0.717, 1.165) is 13.1 Å². The molecular formula is C8H15N3S. The molecule has 3 nitrogen and oxygen atoms in total. The van der Waals surface area contributed by atoms with Crippen molar-refractivity contribution in [1.29, 1.82) is 5.41 Å². The van der Waals surface area contributed by atoms with Crippen molar-refractivity contribution < 1.29 is 0 Å². The molecule has 12 heavy (non-hydrogen) atoms. The molecule has 0 spiro atoms. The third kappa shape index (κ3) is 3.28. The van der Waals surface area contributed by atoms with Crippen molar-refractivity contribution in [3.8, 4) is 0 Å². The van der Waals surface area contributed by atoms with E-state index in [1.807, 2.05) is 0 Å². The highest BCUT2D eigenvalue weighted by atomic mass is 32.2. The van der Waals surface area contributed by atoms with E-state index in [1.54, 1.807) is 18.0 Å². The van der Waals surface area contributed by atoms with Crippen LogP contribution in [0.5, 0.6) is 0 Å². The summed E-state index contributed by atoms with van der Waals surface area (Å²) >= 11 is 1.57. The Balaban J connectivity index is 2.28. The van der Waals surface area contributed by atoms with E-state index in [2.05, 4.69) is 4.31 Å². The number of rotatable bonds is 3.